The third-order valence-electron chi connectivity index (χ3n) is 4.34. The molecule has 0 unspecified atom stereocenters. The van der Waals surface area contributed by atoms with E-state index in [1.54, 1.807) is 0 Å². The first-order valence-corrected chi connectivity index (χ1v) is 7.66. The first-order chi connectivity index (χ1) is 10.1. The number of amides is 1. The van der Waals surface area contributed by atoms with Gasteiger partial charge < -0.3 is 15.5 Å². The number of aryl methyl sites for hydroxylation is 1. The van der Waals surface area contributed by atoms with Crippen LogP contribution in [0, 0.1) is 12.8 Å². The van der Waals surface area contributed by atoms with Crippen molar-refractivity contribution in [2.75, 3.05) is 6.54 Å². The van der Waals surface area contributed by atoms with Gasteiger partial charge in [-0.05, 0) is 56.7 Å². The molecule has 1 aliphatic carbocycles. The summed E-state index contributed by atoms with van der Waals surface area (Å²) in [5, 5.41) is 3.96. The Morgan fingerprint density at radius 3 is 2.81 bits per heavy atom. The molecule has 3 N–H and O–H groups in total. The lowest BCUT2D eigenvalue weighted by molar-refractivity contribution is 0.0917. The van der Waals surface area contributed by atoms with Crippen LogP contribution in [-0.4, -0.2) is 18.5 Å². The molecule has 1 heterocycles. The van der Waals surface area contributed by atoms with Crippen LogP contribution >= 0.6 is 0 Å². The quantitative estimate of drug-likeness (QED) is 0.911. The van der Waals surface area contributed by atoms with Crippen LogP contribution in [0.1, 0.15) is 41.8 Å². The molecule has 1 fully saturated rings. The summed E-state index contributed by atoms with van der Waals surface area (Å²) in [6.45, 7) is 2.74. The number of fused-ring (bicyclic) bond motifs is 1. The number of hydrogen-bond donors (Lipinski definition) is 2. The first kappa shape index (κ1) is 14.1. The summed E-state index contributed by atoms with van der Waals surface area (Å²) >= 11 is 0. The Hall–Kier alpha value is -1.81. The molecule has 1 aromatic heterocycles. The van der Waals surface area contributed by atoms with Crippen molar-refractivity contribution in [1.29, 1.82) is 0 Å². The van der Waals surface area contributed by atoms with Crippen LogP contribution in [0.15, 0.2) is 28.7 Å². The van der Waals surface area contributed by atoms with E-state index in [0.717, 1.165) is 42.2 Å². The lowest BCUT2D eigenvalue weighted by Crippen LogP contribution is -2.34. The third-order valence-corrected chi connectivity index (χ3v) is 4.34. The van der Waals surface area contributed by atoms with Gasteiger partial charge in [0.15, 0.2) is 5.76 Å². The minimum absolute atomic E-state index is 0.126. The van der Waals surface area contributed by atoms with Gasteiger partial charge in [-0.1, -0.05) is 11.6 Å². The van der Waals surface area contributed by atoms with Crippen LogP contribution in [-0.2, 0) is 0 Å². The third kappa shape index (κ3) is 3.27. The molecule has 0 bridgehead atoms. The molecule has 2 aromatic rings. The van der Waals surface area contributed by atoms with Gasteiger partial charge >= 0.3 is 0 Å². The maximum Gasteiger partial charge on any atom is 0.287 e. The van der Waals surface area contributed by atoms with Crippen molar-refractivity contribution >= 4 is 16.9 Å². The average molecular weight is 286 g/mol. The highest BCUT2D eigenvalue weighted by atomic mass is 16.3. The number of furan rings is 1. The molecule has 21 heavy (non-hydrogen) atoms. The Morgan fingerprint density at radius 2 is 2.05 bits per heavy atom. The Balaban J connectivity index is 1.61. The molecule has 1 aromatic carbocycles. The molecule has 3 rings (SSSR count). The van der Waals surface area contributed by atoms with Gasteiger partial charge in [0, 0.05) is 18.0 Å². The molecule has 1 aliphatic rings. The second kappa shape index (κ2) is 5.90. The van der Waals surface area contributed by atoms with E-state index in [9.17, 15) is 4.79 Å². The van der Waals surface area contributed by atoms with Crippen LogP contribution in [0.5, 0.6) is 0 Å². The molecule has 112 valence electrons. The van der Waals surface area contributed by atoms with Gasteiger partial charge in [-0.25, -0.2) is 0 Å². The highest BCUT2D eigenvalue weighted by molar-refractivity contribution is 5.96. The number of nitrogens with one attached hydrogen (secondary N) is 1. The monoisotopic (exact) mass is 286 g/mol. The molecule has 0 spiro atoms. The molecule has 1 amide bonds. The van der Waals surface area contributed by atoms with Crippen molar-refractivity contribution in [3.8, 4) is 0 Å². The van der Waals surface area contributed by atoms with Gasteiger partial charge in [0.1, 0.15) is 5.58 Å². The van der Waals surface area contributed by atoms with Gasteiger partial charge in [-0.2, -0.15) is 0 Å². The van der Waals surface area contributed by atoms with Gasteiger partial charge in [0.25, 0.3) is 5.91 Å². The fourth-order valence-corrected chi connectivity index (χ4v) is 2.99. The average Bonchev–Trinajstić information content (AvgIpc) is 2.89. The molecule has 1 saturated carbocycles. The van der Waals surface area contributed by atoms with E-state index < -0.39 is 0 Å². The molecular weight excluding hydrogens is 264 g/mol. The second-order valence-electron chi connectivity index (χ2n) is 6.14. The fourth-order valence-electron chi connectivity index (χ4n) is 2.99. The van der Waals surface area contributed by atoms with Crippen molar-refractivity contribution in [2.24, 2.45) is 11.7 Å². The van der Waals surface area contributed by atoms with Crippen molar-refractivity contribution in [1.82, 2.24) is 5.32 Å². The number of carbonyl (C=O) groups is 1. The van der Waals surface area contributed by atoms with Crippen molar-refractivity contribution < 1.29 is 9.21 Å². The predicted molar refractivity (Wildman–Crippen MR) is 83.2 cm³/mol. The Labute approximate surface area is 124 Å². The number of rotatable bonds is 3. The van der Waals surface area contributed by atoms with E-state index >= 15 is 0 Å². The van der Waals surface area contributed by atoms with E-state index in [1.165, 1.54) is 0 Å². The zero-order valence-corrected chi connectivity index (χ0v) is 12.4. The number of benzene rings is 1. The van der Waals surface area contributed by atoms with E-state index in [1.807, 2.05) is 31.2 Å². The SMILES string of the molecule is Cc1ccc2oc(C(=O)NCC3CCC(N)CC3)cc2c1. The normalized spacial score (nSPS) is 22.4. The number of hydrogen-bond acceptors (Lipinski definition) is 3. The topological polar surface area (TPSA) is 68.3 Å². The Bertz CT molecular complexity index is 639. The van der Waals surface area contributed by atoms with E-state index in [2.05, 4.69) is 5.32 Å². The van der Waals surface area contributed by atoms with Crippen LogP contribution in [0.2, 0.25) is 0 Å². The van der Waals surface area contributed by atoms with Crippen molar-refractivity contribution in [3.05, 3.63) is 35.6 Å². The fraction of sp³-hybridized carbons (Fsp3) is 0.471. The number of nitrogens with two attached hydrogens (primary N) is 1. The summed E-state index contributed by atoms with van der Waals surface area (Å²) < 4.78 is 5.61. The van der Waals surface area contributed by atoms with E-state index in [4.69, 9.17) is 10.2 Å². The van der Waals surface area contributed by atoms with Crippen molar-refractivity contribution in [3.63, 3.8) is 0 Å². The van der Waals surface area contributed by atoms with Crippen LogP contribution in [0.4, 0.5) is 0 Å². The lowest BCUT2D eigenvalue weighted by atomic mass is 9.86. The van der Waals surface area contributed by atoms with Gasteiger partial charge in [0.05, 0.1) is 0 Å². The predicted octanol–water partition coefficient (Wildman–Crippen LogP) is 2.99. The smallest absolute Gasteiger partial charge is 0.287 e. The molecular formula is C17H22N2O2. The lowest BCUT2D eigenvalue weighted by Gasteiger charge is -2.25. The minimum atomic E-state index is -0.126. The maximum atomic E-state index is 12.2. The molecule has 0 aliphatic heterocycles. The summed E-state index contributed by atoms with van der Waals surface area (Å²) in [4.78, 5) is 12.2. The highest BCUT2D eigenvalue weighted by Gasteiger charge is 2.20. The Kier molecular flexibility index (Phi) is 3.97. The molecule has 4 nitrogen and oxygen atoms in total. The Morgan fingerprint density at radius 1 is 1.29 bits per heavy atom. The van der Waals surface area contributed by atoms with Gasteiger partial charge in [-0.3, -0.25) is 4.79 Å². The van der Waals surface area contributed by atoms with Crippen LogP contribution < -0.4 is 11.1 Å². The molecule has 0 radical (unpaired) electrons. The van der Waals surface area contributed by atoms with Crippen LogP contribution in [0.3, 0.4) is 0 Å². The van der Waals surface area contributed by atoms with E-state index in [-0.39, 0.29) is 5.91 Å². The standard InChI is InChI=1S/C17H22N2O2/c1-11-2-7-15-13(8-11)9-16(21-15)17(20)19-10-12-3-5-14(18)6-4-12/h2,7-9,12,14H,3-6,10,18H2,1H3,(H,19,20). The zero-order valence-electron chi connectivity index (χ0n) is 12.4. The summed E-state index contributed by atoms with van der Waals surface area (Å²) in [5.74, 6) is 0.808. The maximum absolute atomic E-state index is 12.2. The second-order valence-corrected chi connectivity index (χ2v) is 6.14. The van der Waals surface area contributed by atoms with Crippen molar-refractivity contribution in [2.45, 2.75) is 38.6 Å². The summed E-state index contributed by atoms with van der Waals surface area (Å²) in [7, 11) is 0. The zero-order chi connectivity index (χ0) is 14.8. The highest BCUT2D eigenvalue weighted by Crippen LogP contribution is 2.23. The summed E-state index contributed by atoms with van der Waals surface area (Å²) in [6, 6.07) is 8.07. The first-order valence-electron chi connectivity index (χ1n) is 7.66. The van der Waals surface area contributed by atoms with Gasteiger partial charge in [0.2, 0.25) is 0 Å². The van der Waals surface area contributed by atoms with E-state index in [0.29, 0.717) is 24.3 Å². The van der Waals surface area contributed by atoms with Gasteiger partial charge in [-0.15, -0.1) is 0 Å². The summed E-state index contributed by atoms with van der Waals surface area (Å²) in [6.07, 6.45) is 4.32. The number of carbonyl (C=O) groups excluding carboxylic acids is 1. The summed E-state index contributed by atoms with van der Waals surface area (Å²) in [5.41, 5.74) is 7.82. The largest absolute Gasteiger partial charge is 0.451 e. The minimum Gasteiger partial charge on any atom is -0.451 e. The van der Waals surface area contributed by atoms with Crippen LogP contribution in [0.25, 0.3) is 11.0 Å². The molecule has 0 atom stereocenters. The molecule has 0 saturated heterocycles. The molecule has 4 heteroatoms.